The number of ether oxygens (including phenoxy) is 5. The first-order chi connectivity index (χ1) is 12.8. The Labute approximate surface area is 160 Å². The molecule has 2 aliphatic heterocycles. The Hall–Kier alpha value is -1.67. The van der Waals surface area contributed by atoms with Gasteiger partial charge in [-0.3, -0.25) is 4.79 Å². The molecule has 0 aliphatic carbocycles. The van der Waals surface area contributed by atoms with Gasteiger partial charge in [-0.15, -0.1) is 0 Å². The Bertz CT molecular complexity index is 638. The molecular weight excluding hydrogens is 350 g/mol. The molecule has 7 heteroatoms. The fourth-order valence-corrected chi connectivity index (χ4v) is 3.27. The minimum Gasteiger partial charge on any atom is -0.497 e. The molecule has 7 nitrogen and oxygen atoms in total. The van der Waals surface area contributed by atoms with Gasteiger partial charge in [0.25, 0.3) is 0 Å². The molecule has 27 heavy (non-hydrogen) atoms. The smallest absolute Gasteiger partial charge is 0.249 e. The van der Waals surface area contributed by atoms with E-state index in [1.54, 1.807) is 7.11 Å². The monoisotopic (exact) mass is 379 g/mol. The standard InChI is InChI=1S/C20H29NO6/c1-19(2)13-24-18(14-5-7-15(23-4)8-6-14)27-16(19)17(22)21-10-9-20(3)25-11-12-26-20/h5-8,16,18H,9-13H2,1-4H3,(H,21,22). The third-order valence-electron chi connectivity index (χ3n) is 4.98. The zero-order chi connectivity index (χ0) is 19.5. The molecule has 1 N–H and O–H groups in total. The SMILES string of the molecule is COc1ccc(C2OCC(C)(C)C(C(=O)NCCC3(C)OCCO3)O2)cc1. The highest BCUT2D eigenvalue weighted by Crippen LogP contribution is 2.37. The van der Waals surface area contributed by atoms with Gasteiger partial charge in [0.05, 0.1) is 26.9 Å². The number of amides is 1. The quantitative estimate of drug-likeness (QED) is 0.818. The van der Waals surface area contributed by atoms with E-state index in [2.05, 4.69) is 5.32 Å². The maximum Gasteiger partial charge on any atom is 0.249 e. The van der Waals surface area contributed by atoms with Crippen LogP contribution in [0, 0.1) is 5.41 Å². The number of hydrogen-bond acceptors (Lipinski definition) is 6. The third kappa shape index (κ3) is 4.79. The van der Waals surface area contributed by atoms with Crippen molar-refractivity contribution in [1.82, 2.24) is 5.32 Å². The molecule has 0 bridgehead atoms. The summed E-state index contributed by atoms with van der Waals surface area (Å²) in [5.41, 5.74) is 0.418. The summed E-state index contributed by atoms with van der Waals surface area (Å²) < 4.78 is 28.2. The Morgan fingerprint density at radius 1 is 1.19 bits per heavy atom. The lowest BCUT2D eigenvalue weighted by atomic mass is 9.85. The van der Waals surface area contributed by atoms with Crippen LogP contribution in [0.15, 0.2) is 24.3 Å². The van der Waals surface area contributed by atoms with Gasteiger partial charge < -0.3 is 29.0 Å². The summed E-state index contributed by atoms with van der Waals surface area (Å²) in [7, 11) is 1.62. The fourth-order valence-electron chi connectivity index (χ4n) is 3.27. The van der Waals surface area contributed by atoms with Gasteiger partial charge in [0, 0.05) is 23.9 Å². The summed E-state index contributed by atoms with van der Waals surface area (Å²) in [5.74, 6) is -0.0113. The number of carbonyl (C=O) groups excluding carboxylic acids is 1. The Morgan fingerprint density at radius 2 is 1.85 bits per heavy atom. The zero-order valence-corrected chi connectivity index (χ0v) is 16.4. The lowest BCUT2D eigenvalue weighted by Crippen LogP contribution is -2.52. The van der Waals surface area contributed by atoms with Crippen molar-refractivity contribution in [2.75, 3.05) is 33.5 Å². The molecule has 0 spiro atoms. The molecule has 150 valence electrons. The van der Waals surface area contributed by atoms with Crippen molar-refractivity contribution in [3.05, 3.63) is 29.8 Å². The van der Waals surface area contributed by atoms with E-state index < -0.39 is 23.6 Å². The minimum absolute atomic E-state index is 0.150. The van der Waals surface area contributed by atoms with E-state index in [4.69, 9.17) is 23.7 Å². The molecule has 1 amide bonds. The molecule has 1 aromatic carbocycles. The van der Waals surface area contributed by atoms with Crippen molar-refractivity contribution in [2.45, 2.75) is 45.4 Å². The molecule has 2 saturated heterocycles. The summed E-state index contributed by atoms with van der Waals surface area (Å²) in [4.78, 5) is 12.8. The number of hydrogen-bond donors (Lipinski definition) is 1. The van der Waals surface area contributed by atoms with Gasteiger partial charge in [0.1, 0.15) is 11.9 Å². The zero-order valence-electron chi connectivity index (χ0n) is 16.4. The normalized spacial score (nSPS) is 26.5. The summed E-state index contributed by atoms with van der Waals surface area (Å²) in [6.07, 6.45) is -0.611. The van der Waals surface area contributed by atoms with Crippen molar-refractivity contribution in [1.29, 1.82) is 0 Å². The first kappa shape index (κ1) is 20.1. The van der Waals surface area contributed by atoms with E-state index in [1.165, 1.54) is 0 Å². The number of methoxy groups -OCH3 is 1. The summed E-state index contributed by atoms with van der Waals surface area (Å²) in [5, 5.41) is 2.95. The van der Waals surface area contributed by atoms with Crippen molar-refractivity contribution < 1.29 is 28.5 Å². The van der Waals surface area contributed by atoms with E-state index in [-0.39, 0.29) is 5.91 Å². The van der Waals surface area contributed by atoms with E-state index in [1.807, 2.05) is 45.0 Å². The minimum atomic E-state index is -0.620. The maximum atomic E-state index is 12.8. The third-order valence-corrected chi connectivity index (χ3v) is 4.98. The van der Waals surface area contributed by atoms with Crippen LogP contribution in [-0.2, 0) is 23.7 Å². The van der Waals surface area contributed by atoms with E-state index in [0.29, 0.717) is 32.8 Å². The Balaban J connectivity index is 1.59. The van der Waals surface area contributed by atoms with Gasteiger partial charge in [-0.25, -0.2) is 0 Å². The van der Waals surface area contributed by atoms with Gasteiger partial charge >= 0.3 is 0 Å². The molecular formula is C20H29NO6. The summed E-state index contributed by atoms with van der Waals surface area (Å²) in [6, 6.07) is 7.46. The number of benzene rings is 1. The van der Waals surface area contributed by atoms with Crippen LogP contribution in [0.25, 0.3) is 0 Å². The van der Waals surface area contributed by atoms with Gasteiger partial charge in [0.2, 0.25) is 5.91 Å². The lowest BCUT2D eigenvalue weighted by Gasteiger charge is -2.41. The van der Waals surface area contributed by atoms with Crippen molar-refractivity contribution in [3.63, 3.8) is 0 Å². The van der Waals surface area contributed by atoms with Gasteiger partial charge in [-0.05, 0) is 19.1 Å². The predicted octanol–water partition coefficient (Wildman–Crippen LogP) is 2.40. The number of carbonyl (C=O) groups is 1. The highest BCUT2D eigenvalue weighted by molar-refractivity contribution is 5.81. The largest absolute Gasteiger partial charge is 0.497 e. The van der Waals surface area contributed by atoms with Crippen LogP contribution in [0.2, 0.25) is 0 Å². The van der Waals surface area contributed by atoms with Gasteiger partial charge in [-0.1, -0.05) is 26.0 Å². The van der Waals surface area contributed by atoms with Crippen LogP contribution in [-0.4, -0.2) is 51.3 Å². The van der Waals surface area contributed by atoms with Crippen molar-refractivity contribution >= 4 is 5.91 Å². The van der Waals surface area contributed by atoms with Crippen LogP contribution in [0.3, 0.4) is 0 Å². The molecule has 0 radical (unpaired) electrons. The van der Waals surface area contributed by atoms with Gasteiger partial charge in [-0.2, -0.15) is 0 Å². The predicted molar refractivity (Wildman–Crippen MR) is 98.3 cm³/mol. The lowest BCUT2D eigenvalue weighted by molar-refractivity contribution is -0.258. The molecule has 1 aromatic rings. The van der Waals surface area contributed by atoms with Crippen molar-refractivity contribution in [3.8, 4) is 5.75 Å². The molecule has 0 saturated carbocycles. The van der Waals surface area contributed by atoms with Crippen LogP contribution < -0.4 is 10.1 Å². The van der Waals surface area contributed by atoms with E-state index in [9.17, 15) is 4.79 Å². The summed E-state index contributed by atoms with van der Waals surface area (Å²) in [6.45, 7) is 7.87. The molecule has 2 fully saturated rings. The first-order valence-electron chi connectivity index (χ1n) is 9.30. The second-order valence-corrected chi connectivity index (χ2v) is 7.79. The maximum absolute atomic E-state index is 12.8. The van der Waals surface area contributed by atoms with Crippen LogP contribution in [0.1, 0.15) is 39.0 Å². The average molecular weight is 379 g/mol. The Kier molecular flexibility index (Phi) is 6.05. The van der Waals surface area contributed by atoms with E-state index >= 15 is 0 Å². The molecule has 2 atom stereocenters. The first-order valence-corrected chi connectivity index (χ1v) is 9.30. The molecule has 2 heterocycles. The van der Waals surface area contributed by atoms with Crippen molar-refractivity contribution in [2.24, 2.45) is 5.41 Å². The second-order valence-electron chi connectivity index (χ2n) is 7.79. The number of nitrogens with one attached hydrogen (secondary N) is 1. The summed E-state index contributed by atoms with van der Waals surface area (Å²) >= 11 is 0. The highest BCUT2D eigenvalue weighted by Gasteiger charge is 2.43. The Morgan fingerprint density at radius 3 is 2.48 bits per heavy atom. The molecule has 0 aromatic heterocycles. The second kappa shape index (κ2) is 8.14. The average Bonchev–Trinajstić information content (AvgIpc) is 3.08. The highest BCUT2D eigenvalue weighted by atomic mass is 16.7. The van der Waals surface area contributed by atoms with Crippen LogP contribution in [0.5, 0.6) is 5.75 Å². The van der Waals surface area contributed by atoms with Crippen LogP contribution >= 0.6 is 0 Å². The number of rotatable bonds is 6. The van der Waals surface area contributed by atoms with Gasteiger partial charge in [0.15, 0.2) is 12.1 Å². The van der Waals surface area contributed by atoms with E-state index in [0.717, 1.165) is 11.3 Å². The molecule has 3 rings (SSSR count). The van der Waals surface area contributed by atoms with Crippen LogP contribution in [0.4, 0.5) is 0 Å². The topological polar surface area (TPSA) is 75.3 Å². The molecule has 2 aliphatic rings. The molecule has 2 unspecified atom stereocenters. The fraction of sp³-hybridized carbons (Fsp3) is 0.650.